The van der Waals surface area contributed by atoms with Gasteiger partial charge >= 0.3 is 0 Å². The minimum absolute atomic E-state index is 0.0747. The summed E-state index contributed by atoms with van der Waals surface area (Å²) >= 11 is 0. The largest absolute Gasteiger partial charge is 0.357 e. The molecule has 0 spiro atoms. The Balaban J connectivity index is 1.59. The quantitative estimate of drug-likeness (QED) is 0.622. The Morgan fingerprint density at radius 1 is 1.42 bits per heavy atom. The van der Waals surface area contributed by atoms with Gasteiger partial charge in [-0.25, -0.2) is 4.99 Å². The van der Waals surface area contributed by atoms with E-state index in [1.165, 1.54) is 5.56 Å². The number of guanidine groups is 1. The van der Waals surface area contributed by atoms with Crippen molar-refractivity contribution in [2.75, 3.05) is 31.5 Å². The van der Waals surface area contributed by atoms with Gasteiger partial charge in [0.05, 0.1) is 18.1 Å². The molecule has 0 saturated carbocycles. The molecule has 1 aliphatic heterocycles. The molecule has 2 N–H and O–H groups in total. The fraction of sp³-hybridized carbons (Fsp3) is 0.444. The van der Waals surface area contributed by atoms with Crippen LogP contribution < -0.4 is 10.6 Å². The van der Waals surface area contributed by atoms with Gasteiger partial charge < -0.3 is 15.5 Å². The summed E-state index contributed by atoms with van der Waals surface area (Å²) in [6.45, 7) is 4.65. The van der Waals surface area contributed by atoms with Crippen LogP contribution in [0, 0.1) is 0 Å². The third kappa shape index (κ3) is 4.59. The molecule has 8 heteroatoms. The molecule has 1 aliphatic rings. The Morgan fingerprint density at radius 3 is 3.00 bits per heavy atom. The second kappa shape index (κ2) is 8.46. The highest BCUT2D eigenvalue weighted by Gasteiger charge is 2.27. The van der Waals surface area contributed by atoms with Crippen molar-refractivity contribution in [3.05, 3.63) is 42.5 Å². The maximum Gasteiger partial charge on any atom is 0.246 e. The summed E-state index contributed by atoms with van der Waals surface area (Å²) in [5, 5.41) is 10.3. The van der Waals surface area contributed by atoms with Crippen LogP contribution in [0.3, 0.4) is 0 Å². The van der Waals surface area contributed by atoms with E-state index in [1.807, 2.05) is 24.9 Å². The minimum Gasteiger partial charge on any atom is -0.357 e. The van der Waals surface area contributed by atoms with Crippen molar-refractivity contribution in [2.24, 2.45) is 12.0 Å². The Labute approximate surface area is 153 Å². The van der Waals surface area contributed by atoms with E-state index in [0.29, 0.717) is 11.6 Å². The summed E-state index contributed by atoms with van der Waals surface area (Å²) in [5.41, 5.74) is 1.93. The zero-order chi connectivity index (χ0) is 18.4. The van der Waals surface area contributed by atoms with Crippen molar-refractivity contribution in [3.8, 4) is 0 Å². The summed E-state index contributed by atoms with van der Waals surface area (Å²) in [7, 11) is 1.93. The number of hydrogen-bond acceptors (Lipinski definition) is 4. The van der Waals surface area contributed by atoms with Gasteiger partial charge in [0.1, 0.15) is 6.54 Å². The molecule has 3 rings (SSSR count). The van der Waals surface area contributed by atoms with Crippen molar-refractivity contribution >= 4 is 17.6 Å². The molecule has 1 unspecified atom stereocenters. The highest BCUT2D eigenvalue weighted by molar-refractivity contribution is 5.94. The predicted molar refractivity (Wildman–Crippen MR) is 101 cm³/mol. The molecule has 0 aliphatic carbocycles. The summed E-state index contributed by atoms with van der Waals surface area (Å²) in [5.74, 6) is 1.06. The second-order valence-electron chi connectivity index (χ2n) is 6.34. The molecule has 3 heterocycles. The fourth-order valence-corrected chi connectivity index (χ4v) is 3.09. The number of likely N-dealkylation sites (tertiary alicyclic amines) is 1. The Hall–Kier alpha value is -2.90. The molecule has 0 bridgehead atoms. The van der Waals surface area contributed by atoms with Crippen molar-refractivity contribution < 1.29 is 4.79 Å². The summed E-state index contributed by atoms with van der Waals surface area (Å²) in [6.07, 6.45) is 8.34. The molecule has 26 heavy (non-hydrogen) atoms. The van der Waals surface area contributed by atoms with Crippen LogP contribution in [0.2, 0.25) is 0 Å². The summed E-state index contributed by atoms with van der Waals surface area (Å²) in [4.78, 5) is 22.8. The van der Waals surface area contributed by atoms with Crippen LogP contribution in [0.5, 0.6) is 0 Å². The number of hydrogen-bond donors (Lipinski definition) is 2. The number of pyridine rings is 1. The Kier molecular flexibility index (Phi) is 5.83. The summed E-state index contributed by atoms with van der Waals surface area (Å²) < 4.78 is 1.83. The lowest BCUT2D eigenvalue weighted by atomic mass is 10.0. The minimum atomic E-state index is -0.156. The van der Waals surface area contributed by atoms with Crippen molar-refractivity contribution in [3.63, 3.8) is 0 Å². The predicted octanol–water partition coefficient (Wildman–Crippen LogP) is 1.21. The van der Waals surface area contributed by atoms with Crippen LogP contribution in [-0.4, -0.2) is 57.7 Å². The van der Waals surface area contributed by atoms with E-state index in [9.17, 15) is 4.79 Å². The van der Waals surface area contributed by atoms with E-state index in [-0.39, 0.29) is 12.5 Å². The fourth-order valence-electron chi connectivity index (χ4n) is 3.09. The second-order valence-corrected chi connectivity index (χ2v) is 6.34. The van der Waals surface area contributed by atoms with Crippen LogP contribution >= 0.6 is 0 Å². The first-order valence-corrected chi connectivity index (χ1v) is 8.87. The van der Waals surface area contributed by atoms with Gasteiger partial charge in [0.25, 0.3) is 0 Å². The van der Waals surface area contributed by atoms with Crippen molar-refractivity contribution in [2.45, 2.75) is 19.3 Å². The lowest BCUT2D eigenvalue weighted by Crippen LogP contribution is -2.40. The van der Waals surface area contributed by atoms with Gasteiger partial charge in [0, 0.05) is 45.0 Å². The average Bonchev–Trinajstić information content (AvgIpc) is 3.28. The van der Waals surface area contributed by atoms with Gasteiger partial charge in [0.2, 0.25) is 5.91 Å². The molecular weight excluding hydrogens is 330 g/mol. The molecule has 2 aromatic rings. The zero-order valence-electron chi connectivity index (χ0n) is 15.2. The van der Waals surface area contributed by atoms with Gasteiger partial charge in [-0.05, 0) is 31.0 Å². The zero-order valence-corrected chi connectivity index (χ0v) is 15.2. The highest BCUT2D eigenvalue weighted by atomic mass is 16.1. The van der Waals surface area contributed by atoms with Crippen LogP contribution in [0.15, 0.2) is 41.9 Å². The van der Waals surface area contributed by atoms with Gasteiger partial charge in [0.15, 0.2) is 5.96 Å². The molecule has 2 aromatic heterocycles. The van der Waals surface area contributed by atoms with E-state index < -0.39 is 0 Å². The molecule has 1 fully saturated rings. The smallest absolute Gasteiger partial charge is 0.246 e. The third-order valence-corrected chi connectivity index (χ3v) is 4.34. The number of aryl methyl sites for hydroxylation is 1. The van der Waals surface area contributed by atoms with Crippen LogP contribution in [0.25, 0.3) is 0 Å². The SMILES string of the molecule is CCNC(=NCC(=O)Nc1cccnc1)N1CCC(c2cnn(C)c2)C1. The molecule has 138 valence electrons. The first-order valence-electron chi connectivity index (χ1n) is 8.87. The Bertz CT molecular complexity index is 756. The maximum absolute atomic E-state index is 12.1. The van der Waals surface area contributed by atoms with Gasteiger partial charge in [-0.3, -0.25) is 14.5 Å². The van der Waals surface area contributed by atoms with E-state index in [2.05, 4.69) is 36.8 Å². The number of anilines is 1. The summed E-state index contributed by atoms with van der Waals surface area (Å²) in [6, 6.07) is 3.59. The van der Waals surface area contributed by atoms with Gasteiger partial charge in [-0.15, -0.1) is 0 Å². The molecule has 0 aromatic carbocycles. The lowest BCUT2D eigenvalue weighted by molar-refractivity contribution is -0.114. The van der Waals surface area contributed by atoms with Gasteiger partial charge in [-0.1, -0.05) is 0 Å². The molecule has 1 atom stereocenters. The highest BCUT2D eigenvalue weighted by Crippen LogP contribution is 2.26. The number of rotatable bonds is 5. The molecule has 1 saturated heterocycles. The maximum atomic E-state index is 12.1. The average molecular weight is 355 g/mol. The monoisotopic (exact) mass is 355 g/mol. The first kappa shape index (κ1) is 17.9. The molecule has 0 radical (unpaired) electrons. The topological polar surface area (TPSA) is 87.4 Å². The first-order chi connectivity index (χ1) is 12.7. The number of aromatic nitrogens is 3. The number of nitrogens with one attached hydrogen (secondary N) is 2. The van der Waals surface area contributed by atoms with E-state index >= 15 is 0 Å². The van der Waals surface area contributed by atoms with Crippen molar-refractivity contribution in [1.29, 1.82) is 0 Å². The Morgan fingerprint density at radius 2 is 2.31 bits per heavy atom. The molecular formula is C18H25N7O. The number of carbonyl (C=O) groups excluding carboxylic acids is 1. The van der Waals surface area contributed by atoms with Crippen LogP contribution in [-0.2, 0) is 11.8 Å². The standard InChI is InChI=1S/C18H25N7O/c1-3-20-18(21-11-17(26)23-16-5-4-7-19-10-16)25-8-6-14(13-25)15-9-22-24(2)12-15/h4-5,7,9-10,12,14H,3,6,8,11,13H2,1-2H3,(H,20,21)(H,23,26). The number of nitrogens with zero attached hydrogens (tertiary/aromatic N) is 5. The normalized spacial score (nSPS) is 17.4. The number of carbonyl (C=O) groups is 1. The van der Waals surface area contributed by atoms with Crippen molar-refractivity contribution in [1.82, 2.24) is 25.0 Å². The number of aliphatic imine (C=N–C) groups is 1. The van der Waals surface area contributed by atoms with Crippen LogP contribution in [0.1, 0.15) is 24.8 Å². The van der Waals surface area contributed by atoms with Gasteiger partial charge in [-0.2, -0.15) is 5.10 Å². The molecule has 1 amide bonds. The molecule has 8 nitrogen and oxygen atoms in total. The lowest BCUT2D eigenvalue weighted by Gasteiger charge is -2.21. The number of amides is 1. The third-order valence-electron chi connectivity index (χ3n) is 4.34. The van der Waals surface area contributed by atoms with E-state index in [4.69, 9.17) is 0 Å². The van der Waals surface area contributed by atoms with Crippen LogP contribution in [0.4, 0.5) is 5.69 Å². The van der Waals surface area contributed by atoms with E-state index in [0.717, 1.165) is 32.0 Å². The van der Waals surface area contributed by atoms with E-state index in [1.54, 1.807) is 24.5 Å².